The molecule has 1 aliphatic heterocycles. The van der Waals surface area contributed by atoms with Crippen molar-refractivity contribution in [2.24, 2.45) is 0 Å². The Hall–Kier alpha value is -2.15. The molecule has 0 bridgehead atoms. The Labute approximate surface area is 169 Å². The van der Waals surface area contributed by atoms with Gasteiger partial charge in [0.05, 0.1) is 11.5 Å². The first-order valence-corrected chi connectivity index (χ1v) is 10.8. The summed E-state index contributed by atoms with van der Waals surface area (Å²) >= 11 is 0. The van der Waals surface area contributed by atoms with E-state index in [4.69, 9.17) is 0 Å². The summed E-state index contributed by atoms with van der Waals surface area (Å²) in [6.45, 7) is 3.27. The van der Waals surface area contributed by atoms with Gasteiger partial charge in [0, 0.05) is 18.6 Å². The first-order chi connectivity index (χ1) is 13.8. The van der Waals surface area contributed by atoms with Crippen molar-refractivity contribution in [3.63, 3.8) is 0 Å². The summed E-state index contributed by atoms with van der Waals surface area (Å²) in [5, 5.41) is 13.5. The molecule has 4 rings (SSSR count). The molecule has 1 saturated carbocycles. The van der Waals surface area contributed by atoms with Gasteiger partial charge in [0.25, 0.3) is 0 Å². The van der Waals surface area contributed by atoms with Crippen LogP contribution in [0.2, 0.25) is 0 Å². The monoisotopic (exact) mass is 373 g/mol. The zero-order chi connectivity index (χ0) is 19.2. The molecule has 2 fully saturated rings. The maximum Gasteiger partial charge on any atom is 0.0823 e. The molecule has 3 nitrogen and oxygen atoms in total. The van der Waals surface area contributed by atoms with Crippen LogP contribution in [0.4, 0.5) is 0 Å². The number of nitriles is 1. The standard InChI is InChI=1S/C25H31N3/c26-20-25(22-9-5-2-6-10-22)15-11-23(12-16-25)28(24-13-17-27-18-14-24)19-21-7-3-1-4-8-21/h1-10,23-24,27H,11-19H2. The molecule has 0 atom stereocenters. The lowest BCUT2D eigenvalue weighted by Gasteiger charge is -2.45. The average molecular weight is 374 g/mol. The number of hydrogen-bond donors (Lipinski definition) is 1. The van der Waals surface area contributed by atoms with Crippen molar-refractivity contribution in [3.05, 3.63) is 71.8 Å². The van der Waals surface area contributed by atoms with Crippen molar-refractivity contribution in [3.8, 4) is 6.07 Å². The summed E-state index contributed by atoms with van der Waals surface area (Å²) in [7, 11) is 0. The number of nitrogens with one attached hydrogen (secondary N) is 1. The first kappa shape index (κ1) is 19.2. The molecule has 0 spiro atoms. The molecule has 28 heavy (non-hydrogen) atoms. The molecule has 2 aromatic rings. The molecule has 1 N–H and O–H groups in total. The number of piperidine rings is 1. The third kappa shape index (κ3) is 4.14. The average Bonchev–Trinajstić information content (AvgIpc) is 2.79. The summed E-state index contributed by atoms with van der Waals surface area (Å²) in [4.78, 5) is 2.77. The van der Waals surface area contributed by atoms with Crippen LogP contribution in [0.3, 0.4) is 0 Å². The molecular weight excluding hydrogens is 342 g/mol. The number of nitrogens with zero attached hydrogens (tertiary/aromatic N) is 2. The smallest absolute Gasteiger partial charge is 0.0823 e. The van der Waals surface area contributed by atoms with Gasteiger partial charge < -0.3 is 5.32 Å². The van der Waals surface area contributed by atoms with E-state index in [9.17, 15) is 5.26 Å². The van der Waals surface area contributed by atoms with Gasteiger partial charge in [0.1, 0.15) is 0 Å². The van der Waals surface area contributed by atoms with Crippen LogP contribution in [0, 0.1) is 11.3 Å². The predicted octanol–water partition coefficient (Wildman–Crippen LogP) is 4.64. The Balaban J connectivity index is 1.51. The fourth-order valence-electron chi connectivity index (χ4n) is 5.14. The Bertz CT molecular complexity index is 766. The van der Waals surface area contributed by atoms with Crippen molar-refractivity contribution < 1.29 is 0 Å². The quantitative estimate of drug-likeness (QED) is 0.829. The molecule has 1 saturated heterocycles. The van der Waals surface area contributed by atoms with Gasteiger partial charge in [-0.05, 0) is 62.7 Å². The summed E-state index contributed by atoms with van der Waals surface area (Å²) in [6.07, 6.45) is 6.61. The van der Waals surface area contributed by atoms with E-state index in [0.717, 1.165) is 45.3 Å². The minimum absolute atomic E-state index is 0.301. The second-order valence-corrected chi connectivity index (χ2v) is 8.43. The van der Waals surface area contributed by atoms with E-state index in [1.165, 1.54) is 24.0 Å². The van der Waals surface area contributed by atoms with Crippen molar-refractivity contribution in [1.29, 1.82) is 5.26 Å². The van der Waals surface area contributed by atoms with Gasteiger partial charge in [-0.1, -0.05) is 60.7 Å². The fourth-order valence-corrected chi connectivity index (χ4v) is 5.14. The van der Waals surface area contributed by atoms with Gasteiger partial charge in [-0.2, -0.15) is 5.26 Å². The second-order valence-electron chi connectivity index (χ2n) is 8.43. The molecule has 146 valence electrons. The molecule has 2 aliphatic rings. The topological polar surface area (TPSA) is 39.1 Å². The second kappa shape index (κ2) is 8.90. The van der Waals surface area contributed by atoms with Gasteiger partial charge in [-0.15, -0.1) is 0 Å². The van der Waals surface area contributed by atoms with E-state index >= 15 is 0 Å². The Morgan fingerprint density at radius 1 is 0.857 bits per heavy atom. The molecule has 0 aromatic heterocycles. The summed E-state index contributed by atoms with van der Waals surface area (Å²) in [5.74, 6) is 0. The zero-order valence-corrected chi connectivity index (χ0v) is 16.7. The summed E-state index contributed by atoms with van der Waals surface area (Å²) < 4.78 is 0. The van der Waals surface area contributed by atoms with Gasteiger partial charge in [-0.25, -0.2) is 0 Å². The van der Waals surface area contributed by atoms with Gasteiger partial charge in [-0.3, -0.25) is 4.90 Å². The van der Waals surface area contributed by atoms with E-state index in [1.54, 1.807) is 0 Å². The number of benzene rings is 2. The van der Waals surface area contributed by atoms with Crippen LogP contribution in [-0.2, 0) is 12.0 Å². The maximum atomic E-state index is 10.0. The van der Waals surface area contributed by atoms with Crippen LogP contribution in [0.1, 0.15) is 49.7 Å². The highest BCUT2D eigenvalue weighted by molar-refractivity contribution is 5.33. The van der Waals surface area contributed by atoms with Crippen molar-refractivity contribution in [2.45, 2.75) is 62.6 Å². The zero-order valence-electron chi connectivity index (χ0n) is 16.7. The van der Waals surface area contributed by atoms with Crippen LogP contribution in [0.15, 0.2) is 60.7 Å². The van der Waals surface area contributed by atoms with Gasteiger partial charge in [0.15, 0.2) is 0 Å². The lowest BCUT2D eigenvalue weighted by atomic mass is 9.69. The largest absolute Gasteiger partial charge is 0.317 e. The van der Waals surface area contributed by atoms with Gasteiger partial charge >= 0.3 is 0 Å². The van der Waals surface area contributed by atoms with E-state index in [0.29, 0.717) is 12.1 Å². The van der Waals surface area contributed by atoms with E-state index in [-0.39, 0.29) is 5.41 Å². The van der Waals surface area contributed by atoms with Crippen LogP contribution >= 0.6 is 0 Å². The SMILES string of the molecule is N#CC1(c2ccccc2)CCC(N(Cc2ccccc2)C2CCNCC2)CC1. The van der Waals surface area contributed by atoms with Crippen molar-refractivity contribution in [2.75, 3.05) is 13.1 Å². The molecule has 0 amide bonds. The number of hydrogen-bond acceptors (Lipinski definition) is 3. The molecule has 1 heterocycles. The van der Waals surface area contributed by atoms with Crippen LogP contribution in [-0.4, -0.2) is 30.1 Å². The number of rotatable bonds is 5. The highest BCUT2D eigenvalue weighted by Crippen LogP contribution is 2.41. The molecule has 0 radical (unpaired) electrons. The third-order valence-corrected chi connectivity index (χ3v) is 6.80. The fraction of sp³-hybridized carbons (Fsp3) is 0.480. The Morgan fingerprint density at radius 2 is 1.43 bits per heavy atom. The predicted molar refractivity (Wildman–Crippen MR) is 114 cm³/mol. The maximum absolute atomic E-state index is 10.0. The van der Waals surface area contributed by atoms with E-state index in [1.807, 2.05) is 6.07 Å². The highest BCUT2D eigenvalue weighted by atomic mass is 15.2. The lowest BCUT2D eigenvalue weighted by Crippen LogP contribution is -2.50. The molecule has 3 heteroatoms. The molecular formula is C25H31N3. The Kier molecular flexibility index (Phi) is 6.10. The van der Waals surface area contributed by atoms with Crippen molar-refractivity contribution >= 4 is 0 Å². The molecule has 2 aromatic carbocycles. The minimum atomic E-state index is -0.301. The first-order valence-electron chi connectivity index (χ1n) is 10.8. The minimum Gasteiger partial charge on any atom is -0.317 e. The van der Waals surface area contributed by atoms with Crippen molar-refractivity contribution in [1.82, 2.24) is 10.2 Å². The molecule has 0 unspecified atom stereocenters. The highest BCUT2D eigenvalue weighted by Gasteiger charge is 2.40. The van der Waals surface area contributed by atoms with Crippen LogP contribution < -0.4 is 5.32 Å². The van der Waals surface area contributed by atoms with Gasteiger partial charge in [0.2, 0.25) is 0 Å². The third-order valence-electron chi connectivity index (χ3n) is 6.80. The van der Waals surface area contributed by atoms with Crippen LogP contribution in [0.5, 0.6) is 0 Å². The summed E-state index contributed by atoms with van der Waals surface area (Å²) in [5.41, 5.74) is 2.30. The normalized spacial score (nSPS) is 26.1. The summed E-state index contributed by atoms with van der Waals surface area (Å²) in [6, 6.07) is 25.3. The Morgan fingerprint density at radius 3 is 2.04 bits per heavy atom. The van der Waals surface area contributed by atoms with E-state index in [2.05, 4.69) is 70.9 Å². The van der Waals surface area contributed by atoms with E-state index < -0.39 is 0 Å². The lowest BCUT2D eigenvalue weighted by molar-refractivity contribution is 0.0668. The van der Waals surface area contributed by atoms with Crippen LogP contribution in [0.25, 0.3) is 0 Å². The molecule has 1 aliphatic carbocycles.